The van der Waals surface area contributed by atoms with Crippen LogP contribution in [0.3, 0.4) is 0 Å². The molecule has 1 aromatic carbocycles. The molecule has 5 aliphatic heterocycles. The number of aldehydes is 1. The highest BCUT2D eigenvalue weighted by molar-refractivity contribution is 6.12. The molecular weight excluding hydrogens is 312 g/mol. The number of hydrogen-bond donors (Lipinski definition) is 0. The van der Waals surface area contributed by atoms with Gasteiger partial charge in [-0.1, -0.05) is 29.8 Å². The first-order valence-electron chi connectivity index (χ1n) is 9.35. The van der Waals surface area contributed by atoms with Crippen LogP contribution < -0.4 is 4.90 Å². The van der Waals surface area contributed by atoms with E-state index in [4.69, 9.17) is 0 Å². The van der Waals surface area contributed by atoms with Gasteiger partial charge < -0.3 is 9.69 Å². The highest BCUT2D eigenvalue weighted by Gasteiger charge is 2.80. The molecule has 4 saturated heterocycles. The Labute approximate surface area is 147 Å². The van der Waals surface area contributed by atoms with Gasteiger partial charge in [-0.15, -0.1) is 0 Å². The van der Waals surface area contributed by atoms with E-state index in [-0.39, 0.29) is 23.8 Å². The van der Waals surface area contributed by atoms with Crippen molar-refractivity contribution in [3.8, 4) is 0 Å². The Morgan fingerprint density at radius 1 is 1.28 bits per heavy atom. The second kappa shape index (κ2) is 4.07. The Morgan fingerprint density at radius 3 is 2.84 bits per heavy atom. The van der Waals surface area contributed by atoms with Gasteiger partial charge in [-0.3, -0.25) is 9.69 Å². The molecule has 0 N–H and O–H groups in total. The summed E-state index contributed by atoms with van der Waals surface area (Å²) in [6, 6.07) is 8.97. The number of para-hydroxylation sites is 1. The molecule has 5 fully saturated rings. The quantitative estimate of drug-likeness (QED) is 0.447. The van der Waals surface area contributed by atoms with Crippen LogP contribution in [0.15, 0.2) is 35.9 Å². The number of anilines is 1. The largest absolute Gasteiger partial charge is 0.368 e. The Balaban J connectivity index is 1.69. The molecule has 3 unspecified atom stereocenters. The van der Waals surface area contributed by atoms with Gasteiger partial charge in [0.05, 0.1) is 11.5 Å². The maximum atomic E-state index is 14.0. The van der Waals surface area contributed by atoms with Crippen molar-refractivity contribution in [2.24, 2.45) is 11.3 Å². The second-order valence-corrected chi connectivity index (χ2v) is 8.54. The summed E-state index contributed by atoms with van der Waals surface area (Å²) in [5.41, 5.74) is 2.31. The van der Waals surface area contributed by atoms with Crippen molar-refractivity contribution < 1.29 is 9.59 Å². The summed E-state index contributed by atoms with van der Waals surface area (Å²) in [4.78, 5) is 31.4. The van der Waals surface area contributed by atoms with Crippen molar-refractivity contribution in [1.82, 2.24) is 4.90 Å². The number of Topliss-reactive ketones (excluding diaryl/α,β-unsaturated/α-hetero) is 1. The van der Waals surface area contributed by atoms with E-state index in [9.17, 15) is 9.59 Å². The SMILES string of the molecule is C/C=C1/CN2C3CC45C(=O)[C@@]3(C=O)[C@H]1C[C@H]2[C@H]4N(C)c1ccccc15. The fourth-order valence-corrected chi connectivity index (χ4v) is 7.38. The topological polar surface area (TPSA) is 40.6 Å². The summed E-state index contributed by atoms with van der Waals surface area (Å²) in [6.07, 6.45) is 4.92. The number of hydrogen-bond acceptors (Lipinski definition) is 4. The average molecular weight is 334 g/mol. The number of nitrogens with zero attached hydrogens (tertiary/aromatic N) is 2. The van der Waals surface area contributed by atoms with E-state index in [0.717, 1.165) is 31.2 Å². The van der Waals surface area contributed by atoms with Gasteiger partial charge in [0.15, 0.2) is 5.78 Å². The third kappa shape index (κ3) is 1.17. The summed E-state index contributed by atoms with van der Waals surface area (Å²) >= 11 is 0. The van der Waals surface area contributed by atoms with E-state index in [1.165, 1.54) is 11.3 Å². The number of rotatable bonds is 1. The van der Waals surface area contributed by atoms with Crippen molar-refractivity contribution in [3.63, 3.8) is 0 Å². The number of ketones is 1. The zero-order chi connectivity index (χ0) is 17.1. The van der Waals surface area contributed by atoms with Gasteiger partial charge in [-0.2, -0.15) is 0 Å². The van der Waals surface area contributed by atoms with Gasteiger partial charge in [-0.05, 0) is 31.4 Å². The molecule has 0 radical (unpaired) electrons. The molecule has 0 amide bonds. The maximum Gasteiger partial charge on any atom is 0.161 e. The number of carbonyl (C=O) groups is 2. The summed E-state index contributed by atoms with van der Waals surface area (Å²) in [6.45, 7) is 2.98. The minimum Gasteiger partial charge on any atom is -0.368 e. The molecule has 4 heteroatoms. The van der Waals surface area contributed by atoms with E-state index in [2.05, 4.69) is 48.0 Å². The molecule has 1 saturated carbocycles. The van der Waals surface area contributed by atoms with Gasteiger partial charge in [0, 0.05) is 37.3 Å². The third-order valence-corrected chi connectivity index (χ3v) is 8.18. The predicted octanol–water partition coefficient (Wildman–Crippen LogP) is 1.93. The molecule has 1 aromatic rings. The number of piperidine rings is 4. The van der Waals surface area contributed by atoms with Crippen LogP contribution in [-0.2, 0) is 15.0 Å². The van der Waals surface area contributed by atoms with Crippen molar-refractivity contribution in [2.75, 3.05) is 18.5 Å². The molecule has 25 heavy (non-hydrogen) atoms. The molecule has 4 nitrogen and oxygen atoms in total. The zero-order valence-corrected chi connectivity index (χ0v) is 14.6. The maximum absolute atomic E-state index is 14.0. The van der Waals surface area contributed by atoms with E-state index in [0.29, 0.717) is 6.04 Å². The normalized spacial score (nSPS) is 49.7. The van der Waals surface area contributed by atoms with Crippen molar-refractivity contribution >= 4 is 17.8 Å². The summed E-state index contributed by atoms with van der Waals surface area (Å²) in [7, 11) is 2.14. The lowest BCUT2D eigenvalue weighted by Crippen LogP contribution is -2.70. The van der Waals surface area contributed by atoms with Crippen molar-refractivity contribution in [3.05, 3.63) is 41.5 Å². The lowest BCUT2D eigenvalue weighted by Gasteiger charge is -2.60. The number of benzene rings is 1. The first kappa shape index (κ1) is 14.3. The lowest BCUT2D eigenvalue weighted by atomic mass is 9.59. The standard InChI is InChI=1S/C21H22N2O2/c1-3-12-10-23-16-8-14(12)21(11-24)17(23)9-20(19(21)25)13-6-4-5-7-15(13)22(2)18(16)20/h3-7,11,14,16-18H,8-10H2,1-2H3/b12-3-/t14-,16-,17?,18+,20?,21-/m0/s1. The molecule has 5 heterocycles. The van der Waals surface area contributed by atoms with E-state index in [1.807, 2.05) is 6.07 Å². The zero-order valence-electron chi connectivity index (χ0n) is 14.6. The number of allylic oxidation sites excluding steroid dienone is 1. The van der Waals surface area contributed by atoms with Crippen LogP contribution in [0.1, 0.15) is 25.3 Å². The van der Waals surface area contributed by atoms with Crippen LogP contribution in [0.25, 0.3) is 0 Å². The summed E-state index contributed by atoms with van der Waals surface area (Å²) < 4.78 is 0. The molecule has 1 spiro atoms. The molecule has 5 bridgehead atoms. The van der Waals surface area contributed by atoms with Crippen LogP contribution in [-0.4, -0.2) is 48.7 Å². The second-order valence-electron chi connectivity index (χ2n) is 8.54. The molecule has 1 aliphatic carbocycles. The number of likely N-dealkylation sites (N-methyl/N-ethyl adjacent to an activating group) is 1. The van der Waals surface area contributed by atoms with Gasteiger partial charge in [0.25, 0.3) is 0 Å². The molecule has 0 aromatic heterocycles. The van der Waals surface area contributed by atoms with Crippen molar-refractivity contribution in [1.29, 1.82) is 0 Å². The van der Waals surface area contributed by atoms with Crippen LogP contribution in [0.4, 0.5) is 5.69 Å². The van der Waals surface area contributed by atoms with Gasteiger partial charge >= 0.3 is 0 Å². The first-order chi connectivity index (χ1) is 12.1. The Bertz CT molecular complexity index is 876. The van der Waals surface area contributed by atoms with Crippen LogP contribution in [0.2, 0.25) is 0 Å². The van der Waals surface area contributed by atoms with Gasteiger partial charge in [0.2, 0.25) is 0 Å². The highest BCUT2D eigenvalue weighted by Crippen LogP contribution is 2.70. The molecule has 128 valence electrons. The smallest absolute Gasteiger partial charge is 0.161 e. The molecular formula is C21H22N2O2. The minimum absolute atomic E-state index is 0.0840. The highest BCUT2D eigenvalue weighted by atomic mass is 16.2. The van der Waals surface area contributed by atoms with E-state index >= 15 is 0 Å². The summed E-state index contributed by atoms with van der Waals surface area (Å²) in [5.74, 6) is 0.309. The van der Waals surface area contributed by atoms with E-state index < -0.39 is 10.8 Å². The number of carbonyl (C=O) groups excluding carboxylic acids is 2. The van der Waals surface area contributed by atoms with Gasteiger partial charge in [0.1, 0.15) is 11.7 Å². The first-order valence-corrected chi connectivity index (χ1v) is 9.35. The predicted molar refractivity (Wildman–Crippen MR) is 94.6 cm³/mol. The van der Waals surface area contributed by atoms with Crippen molar-refractivity contribution in [2.45, 2.75) is 43.3 Å². The monoisotopic (exact) mass is 334 g/mol. The summed E-state index contributed by atoms with van der Waals surface area (Å²) in [5, 5.41) is 0. The Morgan fingerprint density at radius 2 is 2.08 bits per heavy atom. The molecule has 6 aliphatic rings. The van der Waals surface area contributed by atoms with Crippen LogP contribution >= 0.6 is 0 Å². The Hall–Kier alpha value is -1.94. The van der Waals surface area contributed by atoms with Crippen LogP contribution in [0, 0.1) is 11.3 Å². The number of fused-ring (bicyclic) bond motifs is 2. The third-order valence-electron chi connectivity index (χ3n) is 8.18. The fourth-order valence-electron chi connectivity index (χ4n) is 7.38. The minimum atomic E-state index is -0.830. The van der Waals surface area contributed by atoms with E-state index in [1.54, 1.807) is 0 Å². The molecule has 7 atom stereocenters. The van der Waals surface area contributed by atoms with Gasteiger partial charge in [-0.25, -0.2) is 0 Å². The average Bonchev–Trinajstić information content (AvgIpc) is 3.03. The fraction of sp³-hybridized carbons (Fsp3) is 0.524. The Kier molecular flexibility index (Phi) is 2.32. The molecule has 7 rings (SSSR count). The lowest BCUT2D eigenvalue weighted by molar-refractivity contribution is -0.145. The van der Waals surface area contributed by atoms with Crippen LogP contribution in [0.5, 0.6) is 0 Å².